The van der Waals surface area contributed by atoms with Gasteiger partial charge in [-0.3, -0.25) is 9.78 Å². The predicted octanol–water partition coefficient (Wildman–Crippen LogP) is 3.77. The van der Waals surface area contributed by atoms with Crippen LogP contribution in [-0.4, -0.2) is 27.6 Å². The molecule has 1 N–H and O–H groups in total. The molecule has 0 aliphatic carbocycles. The first-order valence-corrected chi connectivity index (χ1v) is 8.96. The number of hydrogen-bond acceptors (Lipinski definition) is 5. The van der Waals surface area contributed by atoms with Crippen molar-refractivity contribution in [2.24, 2.45) is 0 Å². The van der Waals surface area contributed by atoms with Gasteiger partial charge in [0.2, 0.25) is 5.89 Å². The fourth-order valence-electron chi connectivity index (χ4n) is 2.81. The van der Waals surface area contributed by atoms with Crippen LogP contribution in [0.15, 0.2) is 83.5 Å². The molecule has 6 heteroatoms. The van der Waals surface area contributed by atoms with Gasteiger partial charge in [0.05, 0.1) is 5.56 Å². The van der Waals surface area contributed by atoms with Crippen LogP contribution in [-0.2, 0) is 6.42 Å². The smallest absolute Gasteiger partial charge is 0.308 e. The van der Waals surface area contributed by atoms with Crippen LogP contribution in [0.2, 0.25) is 0 Å². The average molecular weight is 370 g/mol. The third-order valence-corrected chi connectivity index (χ3v) is 4.29. The van der Waals surface area contributed by atoms with Gasteiger partial charge in [-0.1, -0.05) is 54.6 Å². The minimum Gasteiger partial charge on any atom is -0.412 e. The zero-order chi connectivity index (χ0) is 19.2. The van der Waals surface area contributed by atoms with E-state index in [1.54, 1.807) is 24.5 Å². The molecule has 2 heterocycles. The molecule has 0 fully saturated rings. The molecule has 0 unspecified atom stereocenters. The number of aromatic nitrogens is 3. The molecule has 2 aromatic carbocycles. The van der Waals surface area contributed by atoms with Crippen LogP contribution >= 0.6 is 0 Å². The number of carbonyl (C=O) groups is 1. The zero-order valence-electron chi connectivity index (χ0n) is 15.1. The summed E-state index contributed by atoms with van der Waals surface area (Å²) in [6, 6.07) is 22.1. The lowest BCUT2D eigenvalue weighted by atomic mass is 10.0. The largest absolute Gasteiger partial charge is 0.412 e. The van der Waals surface area contributed by atoms with Crippen LogP contribution in [0, 0.1) is 0 Å². The quantitative estimate of drug-likeness (QED) is 0.559. The Hall–Kier alpha value is -3.80. The van der Waals surface area contributed by atoms with Crippen molar-refractivity contribution in [3.8, 4) is 22.6 Å². The van der Waals surface area contributed by atoms with Gasteiger partial charge in [-0.15, -0.1) is 10.2 Å². The lowest BCUT2D eigenvalue weighted by molar-refractivity contribution is 0.0920. The third-order valence-electron chi connectivity index (χ3n) is 4.29. The van der Waals surface area contributed by atoms with Gasteiger partial charge in [0, 0.05) is 18.9 Å². The van der Waals surface area contributed by atoms with Gasteiger partial charge in [-0.25, -0.2) is 0 Å². The van der Waals surface area contributed by atoms with Gasteiger partial charge in [0.25, 0.3) is 0 Å². The van der Waals surface area contributed by atoms with E-state index in [4.69, 9.17) is 4.42 Å². The first-order valence-electron chi connectivity index (χ1n) is 8.96. The first kappa shape index (κ1) is 17.6. The van der Waals surface area contributed by atoms with E-state index < -0.39 is 0 Å². The molecular weight excluding hydrogens is 352 g/mol. The molecule has 1 amide bonds. The molecule has 0 saturated heterocycles. The average Bonchev–Trinajstić information content (AvgIpc) is 3.26. The number of hydrogen-bond donors (Lipinski definition) is 1. The van der Waals surface area contributed by atoms with E-state index >= 15 is 0 Å². The maximum atomic E-state index is 12.2. The molecule has 0 spiro atoms. The lowest BCUT2D eigenvalue weighted by Crippen LogP contribution is -2.26. The van der Waals surface area contributed by atoms with Crippen molar-refractivity contribution >= 4 is 5.91 Å². The maximum absolute atomic E-state index is 12.2. The number of nitrogens with zero attached hydrogens (tertiary/aromatic N) is 3. The first-order chi connectivity index (χ1) is 13.8. The molecular formula is C22H18N4O2. The summed E-state index contributed by atoms with van der Waals surface area (Å²) in [7, 11) is 0. The summed E-state index contributed by atoms with van der Waals surface area (Å²) < 4.78 is 5.42. The molecule has 4 aromatic rings. The molecule has 2 aromatic heterocycles. The number of pyridine rings is 1. The Kier molecular flexibility index (Phi) is 5.20. The van der Waals surface area contributed by atoms with Crippen molar-refractivity contribution in [1.82, 2.24) is 20.5 Å². The van der Waals surface area contributed by atoms with Crippen LogP contribution in [0.4, 0.5) is 0 Å². The van der Waals surface area contributed by atoms with Crippen molar-refractivity contribution in [3.05, 3.63) is 90.6 Å². The van der Waals surface area contributed by atoms with Gasteiger partial charge in [-0.2, -0.15) is 0 Å². The van der Waals surface area contributed by atoms with E-state index in [0.717, 1.165) is 5.56 Å². The van der Waals surface area contributed by atoms with Crippen molar-refractivity contribution in [2.45, 2.75) is 6.42 Å². The van der Waals surface area contributed by atoms with Gasteiger partial charge in [0.15, 0.2) is 0 Å². The third kappa shape index (κ3) is 4.12. The molecule has 28 heavy (non-hydrogen) atoms. The molecule has 0 aliphatic rings. The van der Waals surface area contributed by atoms with E-state index in [2.05, 4.69) is 56.9 Å². The van der Waals surface area contributed by atoms with E-state index in [9.17, 15) is 4.79 Å². The van der Waals surface area contributed by atoms with Crippen LogP contribution in [0.25, 0.3) is 22.6 Å². The predicted molar refractivity (Wildman–Crippen MR) is 105 cm³/mol. The number of benzene rings is 2. The molecule has 6 nitrogen and oxygen atoms in total. The Bertz CT molecular complexity index is 1040. The molecule has 0 saturated carbocycles. The summed E-state index contributed by atoms with van der Waals surface area (Å²) in [5.74, 6) is -0.170. The van der Waals surface area contributed by atoms with Crippen LogP contribution in [0.5, 0.6) is 0 Å². The minimum absolute atomic E-state index is 0.0571. The minimum atomic E-state index is -0.386. The highest BCUT2D eigenvalue weighted by Crippen LogP contribution is 2.19. The van der Waals surface area contributed by atoms with Crippen molar-refractivity contribution < 1.29 is 9.21 Å². The Morgan fingerprint density at radius 1 is 0.857 bits per heavy atom. The Morgan fingerprint density at radius 2 is 1.61 bits per heavy atom. The summed E-state index contributed by atoms with van der Waals surface area (Å²) in [6.07, 6.45) is 3.97. The zero-order valence-corrected chi connectivity index (χ0v) is 15.1. The highest BCUT2D eigenvalue weighted by molar-refractivity contribution is 5.89. The van der Waals surface area contributed by atoms with E-state index in [0.29, 0.717) is 18.5 Å². The molecule has 0 aliphatic heterocycles. The van der Waals surface area contributed by atoms with Gasteiger partial charge in [-0.05, 0) is 35.2 Å². The molecule has 138 valence electrons. The summed E-state index contributed by atoms with van der Waals surface area (Å²) in [5, 5.41) is 10.5. The van der Waals surface area contributed by atoms with Crippen LogP contribution < -0.4 is 5.32 Å². The second kappa shape index (κ2) is 8.26. The second-order valence-corrected chi connectivity index (χ2v) is 6.22. The summed E-state index contributed by atoms with van der Waals surface area (Å²) in [6.45, 7) is 0.480. The topological polar surface area (TPSA) is 80.9 Å². The number of rotatable bonds is 6. The fraction of sp³-hybridized carbons (Fsp3) is 0.0909. The second-order valence-electron chi connectivity index (χ2n) is 6.22. The number of nitrogens with one attached hydrogen (secondary N) is 1. The molecule has 0 atom stereocenters. The maximum Gasteiger partial charge on any atom is 0.308 e. The van der Waals surface area contributed by atoms with Crippen LogP contribution in [0.1, 0.15) is 16.2 Å². The lowest BCUT2D eigenvalue weighted by Gasteiger charge is -2.05. The summed E-state index contributed by atoms with van der Waals surface area (Å²) >= 11 is 0. The fourth-order valence-corrected chi connectivity index (χ4v) is 2.81. The van der Waals surface area contributed by atoms with Crippen molar-refractivity contribution in [3.63, 3.8) is 0 Å². The summed E-state index contributed by atoms with van der Waals surface area (Å²) in [4.78, 5) is 16.2. The van der Waals surface area contributed by atoms with E-state index in [1.165, 1.54) is 11.1 Å². The van der Waals surface area contributed by atoms with E-state index in [-0.39, 0.29) is 17.7 Å². The molecule has 0 radical (unpaired) electrons. The van der Waals surface area contributed by atoms with Gasteiger partial charge >= 0.3 is 11.8 Å². The van der Waals surface area contributed by atoms with Crippen molar-refractivity contribution in [2.75, 3.05) is 6.54 Å². The van der Waals surface area contributed by atoms with Crippen LogP contribution in [0.3, 0.4) is 0 Å². The monoisotopic (exact) mass is 370 g/mol. The Morgan fingerprint density at radius 3 is 2.36 bits per heavy atom. The SMILES string of the molecule is O=C(NCCc1ccc(-c2ccccc2)cc1)c1nnc(-c2cccnc2)o1. The Balaban J connectivity index is 1.31. The highest BCUT2D eigenvalue weighted by Gasteiger charge is 2.15. The highest BCUT2D eigenvalue weighted by atomic mass is 16.4. The van der Waals surface area contributed by atoms with Gasteiger partial charge in [0.1, 0.15) is 0 Å². The number of carbonyl (C=O) groups excluding carboxylic acids is 1. The standard InChI is InChI=1S/C22H18N4O2/c27-20(22-26-25-21(28-22)19-7-4-13-23-15-19)24-14-12-16-8-10-18(11-9-16)17-5-2-1-3-6-17/h1-11,13,15H,12,14H2,(H,24,27). The molecule has 4 rings (SSSR count). The van der Waals surface area contributed by atoms with Crippen molar-refractivity contribution in [1.29, 1.82) is 0 Å². The molecule has 0 bridgehead atoms. The summed E-state index contributed by atoms with van der Waals surface area (Å²) in [5.41, 5.74) is 4.17. The normalized spacial score (nSPS) is 10.6. The number of amides is 1. The van der Waals surface area contributed by atoms with E-state index in [1.807, 2.05) is 18.2 Å². The Labute approximate surface area is 162 Å². The van der Waals surface area contributed by atoms with Gasteiger partial charge < -0.3 is 9.73 Å².